The van der Waals surface area contributed by atoms with Crippen LogP contribution in [0.5, 0.6) is 0 Å². The molecule has 2 rings (SSSR count). The van der Waals surface area contributed by atoms with Gasteiger partial charge in [0.15, 0.2) is 0 Å². The van der Waals surface area contributed by atoms with Crippen molar-refractivity contribution in [2.24, 2.45) is 0 Å². The van der Waals surface area contributed by atoms with Crippen molar-refractivity contribution in [3.8, 4) is 0 Å². The molecule has 2 aromatic carbocycles. The first kappa shape index (κ1) is 15.6. The van der Waals surface area contributed by atoms with Crippen LogP contribution in [0.25, 0.3) is 10.8 Å². The van der Waals surface area contributed by atoms with E-state index >= 15 is 0 Å². The second-order valence-corrected chi connectivity index (χ2v) is 2.60. The van der Waals surface area contributed by atoms with E-state index in [-0.39, 0.29) is 46.5 Å². The van der Waals surface area contributed by atoms with Gasteiger partial charge >= 0.3 is 21.7 Å². The topological polar surface area (TPSA) is 0 Å². The quantitative estimate of drug-likeness (QED) is 0.341. The fraction of sp³-hybridized carbons (Fsp3) is 0.100. The van der Waals surface area contributed by atoms with Crippen LogP contribution in [0, 0.1) is 6.92 Å². The minimum atomic E-state index is 0. The van der Waals surface area contributed by atoms with Gasteiger partial charge in [0.2, 0.25) is 0 Å². The maximum atomic E-state index is 2.16. The first-order valence-electron chi connectivity index (χ1n) is 3.49. The summed E-state index contributed by atoms with van der Waals surface area (Å²) in [6.45, 7) is 2.14. The zero-order valence-electron chi connectivity index (χ0n) is 7.22. The Kier molecular flexibility index (Phi) is 7.87. The molecule has 0 heterocycles. The van der Waals surface area contributed by atoms with Crippen LogP contribution in [0.1, 0.15) is 5.56 Å². The summed E-state index contributed by atoms with van der Waals surface area (Å²) in [6.07, 6.45) is 0. The summed E-state index contributed by atoms with van der Waals surface area (Å²) < 4.78 is 0. The molecule has 0 aromatic heterocycles. The van der Waals surface area contributed by atoms with Crippen LogP contribution < -0.4 is 24.8 Å². The van der Waals surface area contributed by atoms with E-state index in [1.807, 2.05) is 0 Å². The molecule has 13 heavy (non-hydrogen) atoms. The maximum Gasteiger partial charge on any atom is 3.00 e. The Morgan fingerprint density at radius 3 is 2.31 bits per heavy atom. The average molecular weight is 248 g/mol. The molecule has 0 bridgehead atoms. The molecule has 1 radical (unpaired) electrons. The monoisotopic (exact) mass is 247 g/mol. The van der Waals surface area contributed by atoms with E-state index in [4.69, 9.17) is 0 Å². The maximum absolute atomic E-state index is 2.16. The van der Waals surface area contributed by atoms with E-state index in [2.05, 4.69) is 43.3 Å². The summed E-state index contributed by atoms with van der Waals surface area (Å²) in [6, 6.07) is 12.8. The molecule has 0 saturated carbocycles. The van der Waals surface area contributed by atoms with Crippen molar-refractivity contribution in [3.63, 3.8) is 0 Å². The summed E-state index contributed by atoms with van der Waals surface area (Å²) >= 11 is 0. The summed E-state index contributed by atoms with van der Waals surface area (Å²) in [5.41, 5.74) is 1.37. The fourth-order valence-electron chi connectivity index (χ4n) is 1.31. The van der Waals surface area contributed by atoms with Crippen LogP contribution in [-0.4, -0.2) is 0 Å². The molecule has 0 saturated heterocycles. The molecule has 0 aliphatic heterocycles. The molecule has 0 aliphatic rings. The third kappa shape index (κ3) is 3.07. The molecule has 0 spiro atoms. The molecule has 0 unspecified atom stereocenters. The number of halogens is 2. The second kappa shape index (κ2) is 6.56. The Bertz CT molecular complexity index is 354. The van der Waals surface area contributed by atoms with E-state index in [1.165, 1.54) is 16.3 Å². The third-order valence-corrected chi connectivity index (χ3v) is 1.90. The first-order chi connectivity index (χ1) is 4.88. The smallest absolute Gasteiger partial charge is 1.00 e. The molecule has 0 atom stereocenters. The zero-order valence-corrected chi connectivity index (χ0v) is 10.3. The summed E-state index contributed by atoms with van der Waals surface area (Å²) in [4.78, 5) is 0. The van der Waals surface area contributed by atoms with Crippen molar-refractivity contribution in [2.75, 3.05) is 0 Å². The molecule has 0 aliphatic carbocycles. The first-order valence-corrected chi connectivity index (χ1v) is 3.49. The van der Waals surface area contributed by atoms with E-state index in [1.54, 1.807) is 0 Å². The van der Waals surface area contributed by atoms with Crippen molar-refractivity contribution < 1.29 is 46.5 Å². The molecular weight excluding hydrogens is 239 g/mol. The van der Waals surface area contributed by atoms with E-state index < -0.39 is 0 Å². The molecule has 0 fully saturated rings. The number of hydrogen-bond acceptors (Lipinski definition) is 0. The third-order valence-electron chi connectivity index (χ3n) is 1.90. The summed E-state index contributed by atoms with van der Waals surface area (Å²) in [5, 5.41) is 2.72. The van der Waals surface area contributed by atoms with Crippen LogP contribution in [-0.2, 0) is 21.7 Å². The Labute approximate surface area is 106 Å². The summed E-state index contributed by atoms with van der Waals surface area (Å²) in [5.74, 6) is 0. The minimum Gasteiger partial charge on any atom is -1.00 e. The minimum absolute atomic E-state index is 0. The van der Waals surface area contributed by atoms with E-state index in [9.17, 15) is 0 Å². The molecule has 3 heteroatoms. The van der Waals surface area contributed by atoms with Gasteiger partial charge in [-0.3, -0.25) is 0 Å². The van der Waals surface area contributed by atoms with Gasteiger partial charge in [-0.15, -0.1) is 35.0 Å². The molecule has 2 aromatic rings. The van der Waals surface area contributed by atoms with Gasteiger partial charge in [0.1, 0.15) is 0 Å². The Balaban J connectivity index is 0. The largest absolute Gasteiger partial charge is 3.00 e. The predicted molar refractivity (Wildman–Crippen MR) is 44.3 cm³/mol. The molecular formula is C10H9Cl2Ti. The average Bonchev–Trinajstić information content (AvgIpc) is 2.34. The van der Waals surface area contributed by atoms with E-state index in [0.717, 1.165) is 0 Å². The van der Waals surface area contributed by atoms with Crippen LogP contribution in [0.3, 0.4) is 0 Å². The second-order valence-electron chi connectivity index (χ2n) is 2.60. The molecule has 0 amide bonds. The van der Waals surface area contributed by atoms with Crippen molar-refractivity contribution >= 4 is 10.8 Å². The van der Waals surface area contributed by atoms with Gasteiger partial charge in [-0.25, -0.2) is 0 Å². The van der Waals surface area contributed by atoms with Crippen molar-refractivity contribution in [2.45, 2.75) is 6.92 Å². The van der Waals surface area contributed by atoms with Gasteiger partial charge < -0.3 is 24.8 Å². The number of aryl methyl sites for hydroxylation is 1. The van der Waals surface area contributed by atoms with Gasteiger partial charge in [0, 0.05) is 0 Å². The van der Waals surface area contributed by atoms with Crippen LogP contribution in [0.15, 0.2) is 36.4 Å². The standard InChI is InChI=1S/C10H9.2ClH.Ti/c1-8-6-7-9-4-2-3-5-10(8)9;;;/h2-7H,1H3;2*1H;/q-1;;;+3/p-2. The van der Waals surface area contributed by atoms with Crippen molar-refractivity contribution in [1.82, 2.24) is 0 Å². The van der Waals surface area contributed by atoms with Crippen LogP contribution >= 0.6 is 0 Å². The Morgan fingerprint density at radius 1 is 1.08 bits per heavy atom. The Morgan fingerprint density at radius 2 is 1.69 bits per heavy atom. The van der Waals surface area contributed by atoms with Crippen LogP contribution in [0.4, 0.5) is 0 Å². The van der Waals surface area contributed by atoms with Gasteiger partial charge in [0.25, 0.3) is 0 Å². The van der Waals surface area contributed by atoms with Gasteiger partial charge in [-0.1, -0.05) is 13.0 Å². The zero-order chi connectivity index (χ0) is 6.97. The van der Waals surface area contributed by atoms with Gasteiger partial charge in [-0.2, -0.15) is 11.6 Å². The number of benzene rings is 1. The van der Waals surface area contributed by atoms with Crippen molar-refractivity contribution in [1.29, 1.82) is 0 Å². The van der Waals surface area contributed by atoms with Crippen molar-refractivity contribution in [3.05, 3.63) is 42.0 Å². The number of fused-ring (bicyclic) bond motifs is 1. The van der Waals surface area contributed by atoms with Gasteiger partial charge in [0.05, 0.1) is 0 Å². The number of rotatable bonds is 0. The Hall–Kier alpha value is 0.124. The van der Waals surface area contributed by atoms with Crippen LogP contribution in [0.2, 0.25) is 0 Å². The fourth-order valence-corrected chi connectivity index (χ4v) is 1.31. The predicted octanol–water partition coefficient (Wildman–Crippen LogP) is -3.13. The van der Waals surface area contributed by atoms with E-state index in [0.29, 0.717) is 0 Å². The molecule has 0 nitrogen and oxygen atoms in total. The molecule has 0 N–H and O–H groups in total. The summed E-state index contributed by atoms with van der Waals surface area (Å²) in [7, 11) is 0. The molecule has 67 valence electrons. The number of hydrogen-bond donors (Lipinski definition) is 0. The SMILES string of the molecule is Cc1c[cH-]c2ccccc12.[Cl-].[Cl-].[Ti+3]. The van der Waals surface area contributed by atoms with Gasteiger partial charge in [-0.05, 0) is 0 Å². The normalized spacial score (nSPS) is 8.08.